The molecule has 0 aliphatic carbocycles. The van der Waals surface area contributed by atoms with E-state index in [1.165, 1.54) is 16.9 Å². The number of esters is 1. The molecule has 4 rings (SSSR count). The van der Waals surface area contributed by atoms with Crippen LogP contribution in [0.5, 0.6) is 5.75 Å². The van der Waals surface area contributed by atoms with E-state index in [4.69, 9.17) is 9.47 Å². The molecular formula is C22H17NO3S. The third-order valence-corrected chi connectivity index (χ3v) is 5.05. The second-order valence-corrected chi connectivity index (χ2v) is 7.05. The lowest BCUT2D eigenvalue weighted by Gasteiger charge is -2.08. The molecule has 1 aliphatic rings. The van der Waals surface area contributed by atoms with E-state index in [0.717, 1.165) is 21.8 Å². The molecule has 0 unspecified atom stereocenters. The van der Waals surface area contributed by atoms with Crippen molar-refractivity contribution in [2.75, 3.05) is 0 Å². The van der Waals surface area contributed by atoms with Crippen molar-refractivity contribution in [3.05, 3.63) is 93.3 Å². The van der Waals surface area contributed by atoms with Gasteiger partial charge >= 0.3 is 5.97 Å². The lowest BCUT2D eigenvalue weighted by atomic mass is 10.1. The Morgan fingerprint density at radius 1 is 1.07 bits per heavy atom. The number of ether oxygens (including phenoxy) is 2. The lowest BCUT2D eigenvalue weighted by molar-refractivity contribution is -0.129. The monoisotopic (exact) mass is 375 g/mol. The molecule has 3 aromatic rings. The van der Waals surface area contributed by atoms with Crippen molar-refractivity contribution >= 4 is 29.3 Å². The minimum atomic E-state index is -0.432. The van der Waals surface area contributed by atoms with Gasteiger partial charge in [0.15, 0.2) is 5.70 Å². The Balaban J connectivity index is 1.45. The first-order valence-corrected chi connectivity index (χ1v) is 9.41. The molecule has 0 fully saturated rings. The average Bonchev–Trinajstić information content (AvgIpc) is 3.33. The molecule has 0 spiro atoms. The maximum absolute atomic E-state index is 12.0. The summed E-state index contributed by atoms with van der Waals surface area (Å²) in [4.78, 5) is 17.2. The fourth-order valence-corrected chi connectivity index (χ4v) is 3.32. The zero-order valence-corrected chi connectivity index (χ0v) is 15.5. The summed E-state index contributed by atoms with van der Waals surface area (Å²) in [6.07, 6.45) is 1.72. The van der Waals surface area contributed by atoms with Crippen LogP contribution in [-0.2, 0) is 16.1 Å². The fourth-order valence-electron chi connectivity index (χ4n) is 2.67. The number of hydrogen-bond donors (Lipinski definition) is 0. The van der Waals surface area contributed by atoms with E-state index in [-0.39, 0.29) is 0 Å². The third-order valence-electron chi connectivity index (χ3n) is 4.19. The molecule has 0 saturated carbocycles. The Labute approximate surface area is 161 Å². The number of benzene rings is 2. The van der Waals surface area contributed by atoms with Gasteiger partial charge in [0.05, 0.1) is 4.88 Å². The first-order chi connectivity index (χ1) is 13.2. The normalized spacial score (nSPS) is 14.9. The summed E-state index contributed by atoms with van der Waals surface area (Å²) >= 11 is 1.49. The number of hydrogen-bond acceptors (Lipinski definition) is 5. The van der Waals surface area contributed by atoms with Crippen molar-refractivity contribution in [1.82, 2.24) is 0 Å². The number of thiophene rings is 1. The molecule has 1 aliphatic heterocycles. The Bertz CT molecular complexity index is 1020. The molecule has 27 heavy (non-hydrogen) atoms. The van der Waals surface area contributed by atoms with Crippen LogP contribution in [0.3, 0.4) is 0 Å². The Morgan fingerprint density at radius 2 is 1.89 bits per heavy atom. The van der Waals surface area contributed by atoms with Gasteiger partial charge in [-0.2, -0.15) is 0 Å². The van der Waals surface area contributed by atoms with Crippen molar-refractivity contribution in [2.24, 2.45) is 4.99 Å². The number of aryl methyl sites for hydroxylation is 1. The van der Waals surface area contributed by atoms with Crippen molar-refractivity contribution < 1.29 is 14.3 Å². The van der Waals surface area contributed by atoms with Crippen LogP contribution in [0.25, 0.3) is 6.08 Å². The summed E-state index contributed by atoms with van der Waals surface area (Å²) in [7, 11) is 0. The summed E-state index contributed by atoms with van der Waals surface area (Å²) in [5.74, 6) is 0.704. The molecule has 1 aromatic heterocycles. The summed E-state index contributed by atoms with van der Waals surface area (Å²) < 4.78 is 11.1. The molecular weight excluding hydrogens is 358 g/mol. The van der Waals surface area contributed by atoms with Gasteiger partial charge in [0, 0.05) is 0 Å². The predicted molar refractivity (Wildman–Crippen MR) is 107 cm³/mol. The lowest BCUT2D eigenvalue weighted by Crippen LogP contribution is -2.03. The van der Waals surface area contributed by atoms with E-state index in [1.54, 1.807) is 6.08 Å². The van der Waals surface area contributed by atoms with Crippen LogP contribution < -0.4 is 4.74 Å². The predicted octanol–water partition coefficient (Wildman–Crippen LogP) is 4.98. The highest BCUT2D eigenvalue weighted by atomic mass is 32.1. The summed E-state index contributed by atoms with van der Waals surface area (Å²) in [5, 5.41) is 1.92. The Kier molecular flexibility index (Phi) is 4.85. The van der Waals surface area contributed by atoms with Gasteiger partial charge in [-0.3, -0.25) is 0 Å². The van der Waals surface area contributed by atoms with Crippen molar-refractivity contribution in [2.45, 2.75) is 13.5 Å². The zero-order chi connectivity index (χ0) is 18.6. The zero-order valence-electron chi connectivity index (χ0n) is 14.7. The van der Waals surface area contributed by atoms with E-state index >= 15 is 0 Å². The van der Waals surface area contributed by atoms with Crippen molar-refractivity contribution in [3.63, 3.8) is 0 Å². The van der Waals surface area contributed by atoms with Gasteiger partial charge in [-0.05, 0) is 53.3 Å². The highest BCUT2D eigenvalue weighted by Gasteiger charge is 2.24. The van der Waals surface area contributed by atoms with Gasteiger partial charge in [0.2, 0.25) is 5.90 Å². The largest absolute Gasteiger partial charge is 0.489 e. The molecule has 134 valence electrons. The summed E-state index contributed by atoms with van der Waals surface area (Å²) in [6, 6.07) is 19.5. The van der Waals surface area contributed by atoms with E-state index < -0.39 is 5.97 Å². The highest BCUT2D eigenvalue weighted by molar-refractivity contribution is 7.12. The topological polar surface area (TPSA) is 47.9 Å². The van der Waals surface area contributed by atoms with Gasteiger partial charge in [-0.1, -0.05) is 42.5 Å². The fraction of sp³-hybridized carbons (Fsp3) is 0.0909. The number of aliphatic imine (C=N–C) groups is 1. The van der Waals surface area contributed by atoms with E-state index in [2.05, 4.69) is 24.0 Å². The highest BCUT2D eigenvalue weighted by Crippen LogP contribution is 2.23. The molecule has 2 aromatic carbocycles. The minimum Gasteiger partial charge on any atom is -0.489 e. The summed E-state index contributed by atoms with van der Waals surface area (Å²) in [5.41, 5.74) is 3.53. The second-order valence-electron chi connectivity index (χ2n) is 6.10. The number of carbonyl (C=O) groups excluding carboxylic acids is 1. The van der Waals surface area contributed by atoms with Gasteiger partial charge in [0.25, 0.3) is 0 Å². The SMILES string of the molecule is Cc1ccccc1COc1ccc(/C=C2/N=C(c3cccs3)OC2=O)cc1. The van der Waals surface area contributed by atoms with Crippen LogP contribution in [0, 0.1) is 6.92 Å². The third kappa shape index (κ3) is 3.99. The van der Waals surface area contributed by atoms with Gasteiger partial charge in [-0.25, -0.2) is 9.79 Å². The number of nitrogens with zero attached hydrogens (tertiary/aromatic N) is 1. The average molecular weight is 375 g/mol. The van der Waals surface area contributed by atoms with Crippen molar-refractivity contribution in [1.29, 1.82) is 0 Å². The van der Waals surface area contributed by atoms with Crippen LogP contribution in [-0.4, -0.2) is 11.9 Å². The molecule has 0 radical (unpaired) electrons. The molecule has 5 heteroatoms. The maximum atomic E-state index is 12.0. The summed E-state index contributed by atoms with van der Waals surface area (Å²) in [6.45, 7) is 2.59. The molecule has 0 saturated heterocycles. The van der Waals surface area contributed by atoms with E-state index in [9.17, 15) is 4.79 Å². The molecule has 0 bridgehead atoms. The van der Waals surface area contributed by atoms with Crippen LogP contribution in [0.4, 0.5) is 0 Å². The van der Waals surface area contributed by atoms with Crippen LogP contribution >= 0.6 is 11.3 Å². The minimum absolute atomic E-state index is 0.298. The molecule has 2 heterocycles. The first kappa shape index (κ1) is 17.2. The maximum Gasteiger partial charge on any atom is 0.363 e. The Hall–Kier alpha value is -3.18. The smallest absolute Gasteiger partial charge is 0.363 e. The molecule has 0 atom stereocenters. The van der Waals surface area contributed by atoms with Crippen LogP contribution in [0.15, 0.2) is 76.7 Å². The molecule has 0 amide bonds. The van der Waals surface area contributed by atoms with E-state index in [0.29, 0.717) is 18.2 Å². The van der Waals surface area contributed by atoms with Gasteiger partial charge < -0.3 is 9.47 Å². The van der Waals surface area contributed by atoms with Gasteiger partial charge in [0.1, 0.15) is 12.4 Å². The quantitative estimate of drug-likeness (QED) is 0.467. The van der Waals surface area contributed by atoms with Crippen molar-refractivity contribution in [3.8, 4) is 5.75 Å². The number of carbonyl (C=O) groups is 1. The van der Waals surface area contributed by atoms with E-state index in [1.807, 2.05) is 53.9 Å². The second kappa shape index (κ2) is 7.60. The molecule has 0 N–H and O–H groups in total. The Morgan fingerprint density at radius 3 is 2.63 bits per heavy atom. The first-order valence-electron chi connectivity index (χ1n) is 8.53. The van der Waals surface area contributed by atoms with Crippen LogP contribution in [0.2, 0.25) is 0 Å². The van der Waals surface area contributed by atoms with Gasteiger partial charge in [-0.15, -0.1) is 11.3 Å². The number of cyclic esters (lactones) is 1. The molecule has 4 nitrogen and oxygen atoms in total. The van der Waals surface area contributed by atoms with Crippen LogP contribution in [0.1, 0.15) is 21.6 Å². The number of rotatable bonds is 5. The standard InChI is InChI=1S/C22H17NO3S/c1-15-5-2-3-6-17(15)14-25-18-10-8-16(9-11-18)13-19-22(24)26-21(23-19)20-7-4-12-27-20/h2-13H,14H2,1H3/b19-13+.